The van der Waals surface area contributed by atoms with Crippen LogP contribution in [0, 0.1) is 17.6 Å². The molecule has 5 atom stereocenters. The molecule has 23 heteroatoms. The first-order valence-electron chi connectivity index (χ1n) is 23.3. The van der Waals surface area contributed by atoms with Gasteiger partial charge in [0.2, 0.25) is 6.29 Å². The summed E-state index contributed by atoms with van der Waals surface area (Å²) in [7, 11) is -4.50. The first-order chi connectivity index (χ1) is 33.6. The van der Waals surface area contributed by atoms with Crippen molar-refractivity contribution in [1.29, 1.82) is 0 Å². The number of carbonyl (C=O) groups is 2. The van der Waals surface area contributed by atoms with Gasteiger partial charge in [-0.25, -0.2) is 41.8 Å². The van der Waals surface area contributed by atoms with E-state index in [1.54, 1.807) is 17.9 Å². The molecule has 2 N–H and O–H groups in total. The maximum absolute atomic E-state index is 15.1. The van der Waals surface area contributed by atoms with Crippen molar-refractivity contribution < 1.29 is 60.9 Å². The quantitative estimate of drug-likeness (QED) is 0.0301. The zero-order valence-corrected chi connectivity index (χ0v) is 40.2. The molecular formula is C47H59F2N8O12P. The van der Waals surface area contributed by atoms with Crippen LogP contribution in [0.4, 0.5) is 25.0 Å². The molecule has 2 aromatic heterocycles. The van der Waals surface area contributed by atoms with Crippen LogP contribution in [0.15, 0.2) is 90.5 Å². The summed E-state index contributed by atoms with van der Waals surface area (Å²) in [4.78, 5) is 64.4. The van der Waals surface area contributed by atoms with Crippen LogP contribution in [0.25, 0.3) is 5.69 Å². The standard InChI is InChI=1S/C47H59F2N8O12P/c1-4-43(33(2)67-46(60)69-34(3)68-44(58)9-7-5-6-8-24-66-70(61,62)63)57-45(59)56(32-52-57)39-13-11-37(12-14-39)53-20-22-54(23-21-53)38-15-17-40(18-16-38)64-27-35-26-47(65-28-35,29-55-31-50-30-51-55)41-19-10-36(48)25-42(41)49/h10-19,25,30-35,43H,4-9,20-24,26-29H2,1-3H3,(H2,61,62,63)/t33-,34?,35+,43-,47-/m0/s1. The summed E-state index contributed by atoms with van der Waals surface area (Å²) in [6.07, 6.45) is 4.23. The number of unbranched alkanes of at least 4 members (excludes halogenated alkanes) is 3. The zero-order valence-electron chi connectivity index (χ0n) is 39.3. The summed E-state index contributed by atoms with van der Waals surface area (Å²) in [6, 6.07) is 18.5. The summed E-state index contributed by atoms with van der Waals surface area (Å²) in [6.45, 7) is 8.75. The third-order valence-electron chi connectivity index (χ3n) is 12.3. The molecular weight excluding hydrogens is 938 g/mol. The highest BCUT2D eigenvalue weighted by atomic mass is 31.2. The molecule has 2 saturated heterocycles. The number of nitrogens with zero attached hydrogens (tertiary/aromatic N) is 8. The van der Waals surface area contributed by atoms with E-state index in [0.29, 0.717) is 63.2 Å². The topological polar surface area (TPSA) is 224 Å². The number of phosphoric acid groups is 1. The third kappa shape index (κ3) is 13.8. The van der Waals surface area contributed by atoms with Crippen molar-refractivity contribution in [1.82, 2.24) is 29.1 Å². The van der Waals surface area contributed by atoms with Gasteiger partial charge in [-0.15, -0.1) is 0 Å². The molecule has 7 rings (SSSR count). The number of anilines is 2. The van der Waals surface area contributed by atoms with Gasteiger partial charge in [0.15, 0.2) is 0 Å². The van der Waals surface area contributed by atoms with Crippen LogP contribution < -0.4 is 20.2 Å². The lowest BCUT2D eigenvalue weighted by atomic mass is 9.87. The van der Waals surface area contributed by atoms with Gasteiger partial charge in [-0.05, 0) is 87.2 Å². The maximum atomic E-state index is 15.1. The molecule has 1 unspecified atom stereocenters. The van der Waals surface area contributed by atoms with Gasteiger partial charge < -0.3 is 43.3 Å². The molecule has 0 spiro atoms. The Morgan fingerprint density at radius 1 is 0.871 bits per heavy atom. The highest BCUT2D eigenvalue weighted by molar-refractivity contribution is 7.46. The Bertz CT molecular complexity index is 2590. The lowest BCUT2D eigenvalue weighted by Gasteiger charge is -2.37. The zero-order chi connectivity index (χ0) is 49.8. The van der Waals surface area contributed by atoms with Crippen LogP contribution >= 0.6 is 7.82 Å². The van der Waals surface area contributed by atoms with E-state index in [4.69, 9.17) is 33.5 Å². The van der Waals surface area contributed by atoms with Gasteiger partial charge in [0.05, 0.1) is 38.1 Å². The normalized spacial score (nSPS) is 18.6. The molecule has 2 fully saturated rings. The Kier molecular flexibility index (Phi) is 17.4. The predicted octanol–water partition coefficient (Wildman–Crippen LogP) is 6.68. The summed E-state index contributed by atoms with van der Waals surface area (Å²) in [5, 5.41) is 8.52. The molecule has 20 nitrogen and oxygen atoms in total. The van der Waals surface area contributed by atoms with E-state index in [0.717, 1.165) is 43.6 Å². The smallest absolute Gasteiger partial charge is 0.493 e. The number of ether oxygens (including phenoxy) is 5. The second-order valence-corrected chi connectivity index (χ2v) is 18.6. The minimum absolute atomic E-state index is 0.0496. The van der Waals surface area contributed by atoms with E-state index >= 15 is 4.39 Å². The first kappa shape index (κ1) is 51.7. The second kappa shape index (κ2) is 23.6. The highest BCUT2D eigenvalue weighted by Crippen LogP contribution is 2.42. The number of esters is 1. The van der Waals surface area contributed by atoms with E-state index < -0.39 is 61.3 Å². The second-order valence-electron chi connectivity index (χ2n) is 17.3. The highest BCUT2D eigenvalue weighted by Gasteiger charge is 2.45. The van der Waals surface area contributed by atoms with Crippen molar-refractivity contribution in [2.75, 3.05) is 55.8 Å². The molecule has 0 amide bonds. The Labute approximate surface area is 403 Å². The summed E-state index contributed by atoms with van der Waals surface area (Å²) in [5.74, 6) is -1.27. The molecule has 0 aliphatic carbocycles. The number of phosphoric ester groups is 1. The minimum atomic E-state index is -4.50. The number of halogens is 2. The van der Waals surface area contributed by atoms with Gasteiger partial charge in [0.25, 0.3) is 0 Å². The van der Waals surface area contributed by atoms with Crippen LogP contribution in [0.1, 0.15) is 77.3 Å². The van der Waals surface area contributed by atoms with Gasteiger partial charge >= 0.3 is 25.6 Å². The Balaban J connectivity index is 0.839. The van der Waals surface area contributed by atoms with Crippen molar-refractivity contribution in [3.63, 3.8) is 0 Å². The molecule has 378 valence electrons. The van der Waals surface area contributed by atoms with E-state index in [2.05, 4.69) is 29.5 Å². The van der Waals surface area contributed by atoms with Gasteiger partial charge in [-0.3, -0.25) is 9.32 Å². The summed E-state index contributed by atoms with van der Waals surface area (Å²) in [5.41, 5.74) is 1.48. The van der Waals surface area contributed by atoms with Crippen molar-refractivity contribution in [3.05, 3.63) is 113 Å². The van der Waals surface area contributed by atoms with E-state index in [1.807, 2.05) is 55.5 Å². The van der Waals surface area contributed by atoms with Crippen molar-refractivity contribution >= 4 is 31.3 Å². The number of aromatic nitrogens is 6. The average Bonchev–Trinajstić information content (AvgIpc) is 4.09. The first-order valence-corrected chi connectivity index (χ1v) is 24.8. The Hall–Kier alpha value is -6.19. The number of hydrogen-bond acceptors (Lipinski definition) is 15. The SMILES string of the molecule is CC[C@@H]([C@H](C)OC(=O)OC(C)OC(=O)CCCCCCOP(=O)(O)O)n1ncn(-c2ccc(N3CCN(c4ccc(OC[C@@H]5CO[C@@](Cn6cncn6)(c6ccc(F)cc6F)C5)cc4)CC3)cc2)c1=O. The van der Waals surface area contributed by atoms with E-state index in [-0.39, 0.29) is 31.1 Å². The molecule has 2 aliphatic rings. The van der Waals surface area contributed by atoms with Crippen LogP contribution in [0.3, 0.4) is 0 Å². The van der Waals surface area contributed by atoms with Crippen molar-refractivity contribution in [3.8, 4) is 11.4 Å². The van der Waals surface area contributed by atoms with Crippen molar-refractivity contribution in [2.45, 2.75) is 96.3 Å². The summed E-state index contributed by atoms with van der Waals surface area (Å²) >= 11 is 0. The molecule has 0 saturated carbocycles. The van der Waals surface area contributed by atoms with Crippen LogP contribution in [0.5, 0.6) is 5.75 Å². The van der Waals surface area contributed by atoms with Gasteiger partial charge in [-0.2, -0.15) is 10.2 Å². The number of carbonyl (C=O) groups excluding carboxylic acids is 2. The molecule has 3 aromatic carbocycles. The van der Waals surface area contributed by atoms with E-state index in [1.165, 1.54) is 41.0 Å². The number of benzene rings is 3. The molecule has 0 radical (unpaired) electrons. The Morgan fingerprint density at radius 3 is 2.19 bits per heavy atom. The van der Waals surface area contributed by atoms with E-state index in [9.17, 15) is 23.3 Å². The van der Waals surface area contributed by atoms with Gasteiger partial charge in [-0.1, -0.05) is 25.8 Å². The summed E-state index contributed by atoms with van der Waals surface area (Å²) < 4.78 is 76.4. The molecule has 5 aromatic rings. The van der Waals surface area contributed by atoms with Gasteiger partial charge in [0.1, 0.15) is 48.1 Å². The lowest BCUT2D eigenvalue weighted by Crippen LogP contribution is -2.46. The van der Waals surface area contributed by atoms with Crippen LogP contribution in [-0.2, 0) is 45.0 Å². The molecule has 70 heavy (non-hydrogen) atoms. The fourth-order valence-corrected chi connectivity index (χ4v) is 9.16. The largest absolute Gasteiger partial charge is 0.511 e. The lowest BCUT2D eigenvalue weighted by molar-refractivity contribution is -0.169. The maximum Gasteiger partial charge on any atom is 0.511 e. The number of piperazine rings is 1. The fourth-order valence-electron chi connectivity index (χ4n) is 8.80. The minimum Gasteiger partial charge on any atom is -0.493 e. The molecule has 2 aliphatic heterocycles. The number of hydrogen-bond donors (Lipinski definition) is 2. The number of rotatable bonds is 23. The molecule has 0 bridgehead atoms. The average molecular weight is 997 g/mol. The monoisotopic (exact) mass is 996 g/mol. The third-order valence-corrected chi connectivity index (χ3v) is 12.8. The van der Waals surface area contributed by atoms with Gasteiger partial charge in [0, 0.05) is 68.4 Å². The van der Waals surface area contributed by atoms with Crippen LogP contribution in [-0.4, -0.2) is 109 Å². The molecule has 4 heterocycles. The predicted molar refractivity (Wildman–Crippen MR) is 249 cm³/mol. The fraction of sp³-hybridized carbons (Fsp3) is 0.489. The van der Waals surface area contributed by atoms with Crippen LogP contribution in [0.2, 0.25) is 0 Å². The Morgan fingerprint density at radius 2 is 1.54 bits per heavy atom. The van der Waals surface area contributed by atoms with Crippen molar-refractivity contribution in [2.24, 2.45) is 5.92 Å².